The molecule has 0 unspecified atom stereocenters. The van der Waals surface area contributed by atoms with Crippen LogP contribution in [-0.4, -0.2) is 39.8 Å². The quantitative estimate of drug-likeness (QED) is 0.590. The SMILES string of the molecule is COC(=O)CNS(=O)(=O)c1ccc(C#CCCO)c(F)c1. The molecule has 0 aliphatic rings. The van der Waals surface area contributed by atoms with Gasteiger partial charge in [-0.15, -0.1) is 0 Å². The first-order chi connectivity index (χ1) is 9.90. The minimum Gasteiger partial charge on any atom is -0.468 e. The summed E-state index contributed by atoms with van der Waals surface area (Å²) in [6.45, 7) is -0.683. The number of aliphatic hydroxyl groups excluding tert-OH is 1. The summed E-state index contributed by atoms with van der Waals surface area (Å²) in [5.41, 5.74) is 0.0235. The van der Waals surface area contributed by atoms with E-state index >= 15 is 0 Å². The lowest BCUT2D eigenvalue weighted by Crippen LogP contribution is -2.30. The number of nitrogens with one attached hydrogen (secondary N) is 1. The van der Waals surface area contributed by atoms with E-state index in [-0.39, 0.29) is 23.5 Å². The molecule has 0 heterocycles. The van der Waals surface area contributed by atoms with Crippen LogP contribution in [0.3, 0.4) is 0 Å². The summed E-state index contributed by atoms with van der Waals surface area (Å²) >= 11 is 0. The Bertz CT molecular complexity index is 676. The second kappa shape index (κ2) is 7.73. The number of hydrogen-bond donors (Lipinski definition) is 2. The molecule has 1 rings (SSSR count). The maximum absolute atomic E-state index is 13.7. The Hall–Kier alpha value is -1.95. The van der Waals surface area contributed by atoms with Crippen LogP contribution in [0.5, 0.6) is 0 Å². The number of methoxy groups -OCH3 is 1. The summed E-state index contributed by atoms with van der Waals surface area (Å²) in [7, 11) is -2.89. The molecule has 1 aromatic carbocycles. The number of carbonyl (C=O) groups is 1. The summed E-state index contributed by atoms with van der Waals surface area (Å²) in [4.78, 5) is 10.6. The molecule has 0 atom stereocenters. The first kappa shape index (κ1) is 17.1. The number of rotatable bonds is 5. The van der Waals surface area contributed by atoms with E-state index in [1.165, 1.54) is 12.1 Å². The summed E-state index contributed by atoms with van der Waals surface area (Å²) in [6, 6.07) is 3.20. The second-order valence-corrected chi connectivity index (χ2v) is 5.58. The molecule has 0 amide bonds. The minimum atomic E-state index is -4.01. The van der Waals surface area contributed by atoms with E-state index in [0.717, 1.165) is 13.2 Å². The van der Waals surface area contributed by atoms with E-state index in [4.69, 9.17) is 5.11 Å². The Balaban J connectivity index is 2.93. The molecule has 21 heavy (non-hydrogen) atoms. The molecule has 0 saturated carbocycles. The van der Waals surface area contributed by atoms with Crippen molar-refractivity contribution < 1.29 is 27.4 Å². The van der Waals surface area contributed by atoms with Crippen molar-refractivity contribution in [3.63, 3.8) is 0 Å². The van der Waals surface area contributed by atoms with Crippen LogP contribution in [-0.2, 0) is 19.6 Å². The Morgan fingerprint density at radius 1 is 1.48 bits per heavy atom. The highest BCUT2D eigenvalue weighted by molar-refractivity contribution is 7.89. The fourth-order valence-electron chi connectivity index (χ4n) is 1.29. The summed E-state index contributed by atoms with van der Waals surface area (Å²) in [5, 5.41) is 8.57. The van der Waals surface area contributed by atoms with Crippen LogP contribution in [0.4, 0.5) is 4.39 Å². The number of halogens is 1. The van der Waals surface area contributed by atoms with Crippen molar-refractivity contribution in [2.45, 2.75) is 11.3 Å². The Morgan fingerprint density at radius 2 is 2.19 bits per heavy atom. The predicted octanol–water partition coefficient (Wildman–Crippen LogP) is 0.0109. The molecule has 0 aromatic heterocycles. The maximum atomic E-state index is 13.7. The van der Waals surface area contributed by atoms with Gasteiger partial charge in [-0.05, 0) is 18.2 Å². The smallest absolute Gasteiger partial charge is 0.320 e. The molecule has 2 N–H and O–H groups in total. The molecule has 0 spiro atoms. The second-order valence-electron chi connectivity index (χ2n) is 3.82. The van der Waals surface area contributed by atoms with Crippen LogP contribution in [0, 0.1) is 17.7 Å². The average molecular weight is 315 g/mol. The van der Waals surface area contributed by atoms with Crippen LogP contribution < -0.4 is 4.72 Å². The topological polar surface area (TPSA) is 92.7 Å². The van der Waals surface area contributed by atoms with Crippen molar-refractivity contribution >= 4 is 16.0 Å². The number of sulfonamides is 1. The van der Waals surface area contributed by atoms with Gasteiger partial charge in [0.15, 0.2) is 0 Å². The van der Waals surface area contributed by atoms with Gasteiger partial charge in [0.1, 0.15) is 12.4 Å². The number of esters is 1. The molecule has 6 nitrogen and oxygen atoms in total. The fraction of sp³-hybridized carbons (Fsp3) is 0.308. The highest BCUT2D eigenvalue weighted by Gasteiger charge is 2.17. The summed E-state index contributed by atoms with van der Waals surface area (Å²) in [5.74, 6) is 3.45. The molecule has 8 heteroatoms. The standard InChI is InChI=1S/C13H14FNO5S/c1-20-13(17)9-15-21(18,19)11-6-5-10(12(14)8-11)4-2-3-7-16/h5-6,8,15-16H,3,7,9H2,1H3. The molecule has 0 aliphatic heterocycles. The third-order valence-electron chi connectivity index (χ3n) is 2.34. The van der Waals surface area contributed by atoms with Crippen LogP contribution in [0.25, 0.3) is 0 Å². The molecule has 114 valence electrons. The lowest BCUT2D eigenvalue weighted by atomic mass is 10.2. The van der Waals surface area contributed by atoms with Gasteiger partial charge in [-0.25, -0.2) is 12.8 Å². The molecule has 0 bridgehead atoms. The lowest BCUT2D eigenvalue weighted by molar-refractivity contribution is -0.139. The normalized spacial score (nSPS) is 10.6. The first-order valence-corrected chi connectivity index (χ1v) is 7.35. The van der Waals surface area contributed by atoms with E-state index in [9.17, 15) is 17.6 Å². The van der Waals surface area contributed by atoms with Gasteiger partial charge in [0, 0.05) is 6.42 Å². The Kier molecular flexibility index (Phi) is 6.30. The zero-order valence-corrected chi connectivity index (χ0v) is 12.0. The van der Waals surface area contributed by atoms with Gasteiger partial charge in [0.2, 0.25) is 10.0 Å². The van der Waals surface area contributed by atoms with E-state index in [1.54, 1.807) is 0 Å². The van der Waals surface area contributed by atoms with Crippen LogP contribution in [0.2, 0.25) is 0 Å². The fourth-order valence-corrected chi connectivity index (χ4v) is 2.27. The molecule has 1 aromatic rings. The lowest BCUT2D eigenvalue weighted by Gasteiger charge is -2.06. The van der Waals surface area contributed by atoms with Crippen LogP contribution in [0.1, 0.15) is 12.0 Å². The molecule has 0 saturated heterocycles. The van der Waals surface area contributed by atoms with Gasteiger partial charge >= 0.3 is 5.97 Å². The van der Waals surface area contributed by atoms with Gasteiger partial charge in [0.05, 0.1) is 24.2 Å². The third-order valence-corrected chi connectivity index (χ3v) is 3.74. The molecular formula is C13H14FNO5S. The number of aliphatic hydroxyl groups is 1. The van der Waals surface area contributed by atoms with Crippen LogP contribution in [0.15, 0.2) is 23.1 Å². The Labute approximate surface area is 122 Å². The number of ether oxygens (including phenoxy) is 1. The molecule has 0 fully saturated rings. The maximum Gasteiger partial charge on any atom is 0.320 e. The highest BCUT2D eigenvalue weighted by atomic mass is 32.2. The average Bonchev–Trinajstić information content (AvgIpc) is 2.46. The minimum absolute atomic E-state index is 0.0235. The van der Waals surface area contributed by atoms with E-state index < -0.39 is 28.4 Å². The number of benzene rings is 1. The van der Waals surface area contributed by atoms with Crippen molar-refractivity contribution in [2.75, 3.05) is 20.3 Å². The van der Waals surface area contributed by atoms with Crippen molar-refractivity contribution in [3.8, 4) is 11.8 Å². The predicted molar refractivity (Wildman–Crippen MR) is 72.2 cm³/mol. The van der Waals surface area contributed by atoms with Gasteiger partial charge in [-0.2, -0.15) is 4.72 Å². The van der Waals surface area contributed by atoms with Gasteiger partial charge in [0.25, 0.3) is 0 Å². The largest absolute Gasteiger partial charge is 0.468 e. The zero-order valence-electron chi connectivity index (χ0n) is 11.2. The monoisotopic (exact) mass is 315 g/mol. The number of hydrogen-bond acceptors (Lipinski definition) is 5. The Morgan fingerprint density at radius 3 is 2.76 bits per heavy atom. The highest BCUT2D eigenvalue weighted by Crippen LogP contribution is 2.14. The van der Waals surface area contributed by atoms with E-state index in [1.807, 2.05) is 4.72 Å². The van der Waals surface area contributed by atoms with Crippen LogP contribution >= 0.6 is 0 Å². The van der Waals surface area contributed by atoms with Crippen molar-refractivity contribution in [3.05, 3.63) is 29.6 Å². The van der Waals surface area contributed by atoms with Gasteiger partial charge in [-0.1, -0.05) is 11.8 Å². The number of carbonyl (C=O) groups excluding carboxylic acids is 1. The first-order valence-electron chi connectivity index (χ1n) is 5.86. The summed E-state index contributed by atoms with van der Waals surface area (Å²) < 4.78 is 43.7. The van der Waals surface area contributed by atoms with Crippen molar-refractivity contribution in [1.29, 1.82) is 0 Å². The van der Waals surface area contributed by atoms with Gasteiger partial charge in [-0.3, -0.25) is 4.79 Å². The van der Waals surface area contributed by atoms with Crippen molar-refractivity contribution in [1.82, 2.24) is 4.72 Å². The van der Waals surface area contributed by atoms with Crippen molar-refractivity contribution in [2.24, 2.45) is 0 Å². The molecular weight excluding hydrogens is 301 g/mol. The van der Waals surface area contributed by atoms with Gasteiger partial charge < -0.3 is 9.84 Å². The molecule has 0 aliphatic carbocycles. The third kappa shape index (κ3) is 5.15. The molecule has 0 radical (unpaired) electrons. The summed E-state index contributed by atoms with van der Waals surface area (Å²) in [6.07, 6.45) is 0.195. The van der Waals surface area contributed by atoms with E-state index in [2.05, 4.69) is 16.6 Å². The zero-order chi connectivity index (χ0) is 15.9. The van der Waals surface area contributed by atoms with E-state index in [0.29, 0.717) is 0 Å².